The lowest BCUT2D eigenvalue weighted by atomic mass is 10.2. The van der Waals surface area contributed by atoms with Crippen molar-refractivity contribution in [1.29, 1.82) is 0 Å². The minimum Gasteiger partial charge on any atom is -0.351 e. The van der Waals surface area contributed by atoms with Crippen LogP contribution in [0.3, 0.4) is 0 Å². The molecule has 0 fully saturated rings. The van der Waals surface area contributed by atoms with Gasteiger partial charge in [0.25, 0.3) is 5.56 Å². The van der Waals surface area contributed by atoms with E-state index in [1.165, 1.54) is 22.4 Å². The summed E-state index contributed by atoms with van der Waals surface area (Å²) in [5, 5.41) is 1.30. The number of ether oxygens (including phenoxy) is 2. The molecule has 154 valence electrons. The summed E-state index contributed by atoms with van der Waals surface area (Å²) < 4.78 is 26.9. The zero-order valence-corrected chi connectivity index (χ0v) is 17.8. The van der Waals surface area contributed by atoms with Crippen LogP contribution in [-0.2, 0) is 21.8 Å². The quantitative estimate of drug-likeness (QED) is 0.272. The molecule has 0 aliphatic carbocycles. The summed E-state index contributed by atoms with van der Waals surface area (Å²) in [6.45, 7) is 4.82. The minimum atomic E-state index is -0.581. The van der Waals surface area contributed by atoms with Gasteiger partial charge in [0, 0.05) is 29.6 Å². The van der Waals surface area contributed by atoms with Crippen molar-refractivity contribution in [3.05, 3.63) is 69.2 Å². The van der Waals surface area contributed by atoms with Crippen molar-refractivity contribution >= 4 is 34.3 Å². The second kappa shape index (κ2) is 10.2. The monoisotopic (exact) mass is 436 g/mol. The maximum Gasteiger partial charge on any atom is 0.262 e. The highest BCUT2D eigenvalue weighted by Gasteiger charge is 2.18. The number of aromatic nitrogens is 2. The van der Waals surface area contributed by atoms with E-state index in [2.05, 4.69) is 4.98 Å². The second-order valence-corrected chi connectivity index (χ2v) is 7.51. The fourth-order valence-electron chi connectivity index (χ4n) is 2.90. The molecule has 0 N–H and O–H groups in total. The first-order valence-electron chi connectivity index (χ1n) is 9.33. The van der Waals surface area contributed by atoms with Crippen LogP contribution in [0.15, 0.2) is 52.4 Å². The summed E-state index contributed by atoms with van der Waals surface area (Å²) in [5.41, 5.74) is 0.765. The van der Waals surface area contributed by atoms with E-state index in [-0.39, 0.29) is 23.7 Å². The Morgan fingerprint density at radius 2 is 1.86 bits per heavy atom. The summed E-state index contributed by atoms with van der Waals surface area (Å²) in [5.74, 6) is -0.147. The Kier molecular flexibility index (Phi) is 7.66. The third kappa shape index (κ3) is 5.17. The Morgan fingerprint density at radius 3 is 2.55 bits per heavy atom. The number of halogens is 2. The average molecular weight is 437 g/mol. The topological polar surface area (TPSA) is 53.4 Å². The van der Waals surface area contributed by atoms with Crippen LogP contribution in [0.1, 0.15) is 19.4 Å². The van der Waals surface area contributed by atoms with Crippen molar-refractivity contribution in [2.24, 2.45) is 0 Å². The van der Waals surface area contributed by atoms with Gasteiger partial charge in [-0.2, -0.15) is 0 Å². The van der Waals surface area contributed by atoms with Crippen molar-refractivity contribution in [3.8, 4) is 0 Å². The molecule has 2 aromatic carbocycles. The highest BCUT2D eigenvalue weighted by molar-refractivity contribution is 7.98. The van der Waals surface area contributed by atoms with Crippen molar-refractivity contribution < 1.29 is 13.9 Å². The molecule has 0 bridgehead atoms. The number of hydrogen-bond acceptors (Lipinski definition) is 5. The van der Waals surface area contributed by atoms with Gasteiger partial charge < -0.3 is 9.47 Å². The average Bonchev–Trinajstić information content (AvgIpc) is 2.70. The van der Waals surface area contributed by atoms with E-state index < -0.39 is 6.29 Å². The molecule has 0 spiro atoms. The summed E-state index contributed by atoms with van der Waals surface area (Å²) in [6.07, 6.45) is -0.581. The summed E-state index contributed by atoms with van der Waals surface area (Å²) in [4.78, 5) is 17.8. The molecule has 0 radical (unpaired) electrons. The summed E-state index contributed by atoms with van der Waals surface area (Å²) in [7, 11) is 0. The second-order valence-electron chi connectivity index (χ2n) is 6.16. The van der Waals surface area contributed by atoms with Crippen LogP contribution in [0.2, 0.25) is 5.02 Å². The van der Waals surface area contributed by atoms with Gasteiger partial charge in [0.15, 0.2) is 11.4 Å². The van der Waals surface area contributed by atoms with Gasteiger partial charge in [-0.3, -0.25) is 9.36 Å². The van der Waals surface area contributed by atoms with Gasteiger partial charge in [-0.25, -0.2) is 9.37 Å². The lowest BCUT2D eigenvalue weighted by Gasteiger charge is -2.20. The molecular weight excluding hydrogens is 415 g/mol. The first-order valence-corrected chi connectivity index (χ1v) is 10.7. The van der Waals surface area contributed by atoms with Crippen molar-refractivity contribution in [1.82, 2.24) is 9.55 Å². The predicted octanol–water partition coefficient (Wildman–Crippen LogP) is 4.88. The van der Waals surface area contributed by atoms with E-state index in [1.807, 2.05) is 19.9 Å². The lowest BCUT2D eigenvalue weighted by Crippen LogP contribution is -2.32. The molecule has 0 aliphatic rings. The van der Waals surface area contributed by atoms with Crippen LogP contribution < -0.4 is 5.56 Å². The molecule has 3 rings (SSSR count). The Labute approximate surface area is 177 Å². The first-order chi connectivity index (χ1) is 14.0. The van der Waals surface area contributed by atoms with Crippen molar-refractivity contribution in [2.75, 3.05) is 13.2 Å². The number of benzene rings is 2. The molecule has 1 heterocycles. The highest BCUT2D eigenvalue weighted by Crippen LogP contribution is 2.28. The number of hydrogen-bond donors (Lipinski definition) is 0. The molecule has 0 unspecified atom stereocenters. The standard InChI is InChI=1S/C21H22ClFN2O3S/c1-3-27-19(28-4-2)12-25-20(26)14-8-5-6-11-18(14)24-21(25)29-13-15-16(22)9-7-10-17(15)23/h5-11,19H,3-4,12-13H2,1-2H3. The van der Waals surface area contributed by atoms with E-state index in [0.717, 1.165) is 0 Å². The van der Waals surface area contributed by atoms with Crippen LogP contribution in [0.4, 0.5) is 4.39 Å². The van der Waals surface area contributed by atoms with Crippen molar-refractivity contribution in [2.45, 2.75) is 37.6 Å². The number of para-hydroxylation sites is 1. The molecule has 29 heavy (non-hydrogen) atoms. The normalized spacial score (nSPS) is 11.5. The van der Waals surface area contributed by atoms with Gasteiger partial charge >= 0.3 is 0 Å². The Morgan fingerprint density at radius 1 is 1.14 bits per heavy atom. The number of thioether (sulfide) groups is 1. The molecule has 0 aliphatic heterocycles. The van der Waals surface area contributed by atoms with Gasteiger partial charge in [-0.1, -0.05) is 41.6 Å². The van der Waals surface area contributed by atoms with E-state index in [4.69, 9.17) is 21.1 Å². The van der Waals surface area contributed by atoms with Gasteiger partial charge in [-0.05, 0) is 38.1 Å². The molecule has 0 saturated heterocycles. The van der Waals surface area contributed by atoms with Crippen LogP contribution in [-0.4, -0.2) is 29.1 Å². The molecule has 0 atom stereocenters. The van der Waals surface area contributed by atoms with Crippen LogP contribution in [0.5, 0.6) is 0 Å². The minimum absolute atomic E-state index is 0.186. The van der Waals surface area contributed by atoms with E-state index in [9.17, 15) is 9.18 Å². The molecule has 1 aromatic heterocycles. The maximum atomic E-state index is 14.2. The first kappa shape index (κ1) is 21.8. The zero-order valence-electron chi connectivity index (χ0n) is 16.2. The van der Waals surface area contributed by atoms with Crippen molar-refractivity contribution in [3.63, 3.8) is 0 Å². The van der Waals surface area contributed by atoms with E-state index in [0.29, 0.717) is 39.9 Å². The molecule has 5 nitrogen and oxygen atoms in total. The smallest absolute Gasteiger partial charge is 0.262 e. The summed E-state index contributed by atoms with van der Waals surface area (Å²) in [6, 6.07) is 11.7. The van der Waals surface area contributed by atoms with Crippen LogP contribution in [0, 0.1) is 5.82 Å². The molecule has 3 aromatic rings. The third-order valence-electron chi connectivity index (χ3n) is 4.27. The van der Waals surface area contributed by atoms with E-state index >= 15 is 0 Å². The van der Waals surface area contributed by atoms with Crippen LogP contribution in [0.25, 0.3) is 10.9 Å². The van der Waals surface area contributed by atoms with Gasteiger partial charge in [0.1, 0.15) is 5.82 Å². The maximum absolute atomic E-state index is 14.2. The largest absolute Gasteiger partial charge is 0.351 e. The highest BCUT2D eigenvalue weighted by atomic mass is 35.5. The molecule has 8 heteroatoms. The Bertz CT molecular complexity index is 1020. The SMILES string of the molecule is CCOC(Cn1c(SCc2c(F)cccc2Cl)nc2ccccc2c1=O)OCC. The number of rotatable bonds is 9. The molecular formula is C21H22ClFN2O3S. The number of nitrogens with zero attached hydrogens (tertiary/aromatic N) is 2. The van der Waals surface area contributed by atoms with Crippen LogP contribution >= 0.6 is 23.4 Å². The molecule has 0 amide bonds. The van der Waals surface area contributed by atoms with Gasteiger partial charge in [-0.15, -0.1) is 0 Å². The van der Waals surface area contributed by atoms with Gasteiger partial charge in [0.05, 0.1) is 17.4 Å². The third-order valence-corrected chi connectivity index (χ3v) is 5.63. The fraction of sp³-hybridized carbons (Fsp3) is 0.333. The number of fused-ring (bicyclic) bond motifs is 1. The molecule has 0 saturated carbocycles. The fourth-order valence-corrected chi connectivity index (χ4v) is 4.25. The summed E-state index contributed by atoms with van der Waals surface area (Å²) >= 11 is 7.40. The Hall–Kier alpha value is -1.93. The predicted molar refractivity (Wildman–Crippen MR) is 114 cm³/mol. The Balaban J connectivity index is 2.00. The van der Waals surface area contributed by atoms with Gasteiger partial charge in [0.2, 0.25) is 0 Å². The zero-order chi connectivity index (χ0) is 20.8. The van der Waals surface area contributed by atoms with E-state index in [1.54, 1.807) is 30.3 Å². The lowest BCUT2D eigenvalue weighted by molar-refractivity contribution is -0.144.